The van der Waals surface area contributed by atoms with Crippen LogP contribution in [0.5, 0.6) is 0 Å². The molecule has 1 aliphatic rings. The third-order valence-electron chi connectivity index (χ3n) is 2.90. The van der Waals surface area contributed by atoms with E-state index in [9.17, 15) is 9.59 Å². The van der Waals surface area contributed by atoms with Gasteiger partial charge in [0.05, 0.1) is 19.1 Å². The predicted octanol–water partition coefficient (Wildman–Crippen LogP) is 0.649. The zero-order valence-corrected chi connectivity index (χ0v) is 10.2. The number of esters is 1. The van der Waals surface area contributed by atoms with Gasteiger partial charge in [0, 0.05) is 6.04 Å². The second kappa shape index (κ2) is 6.14. The monoisotopic (exact) mass is 238 g/mol. The lowest BCUT2D eigenvalue weighted by Crippen LogP contribution is -2.44. The molecular weight excluding hydrogens is 220 g/mol. The Morgan fingerprint density at radius 1 is 1.47 bits per heavy atom. The van der Waals surface area contributed by atoms with E-state index in [0.717, 1.165) is 12.8 Å². The molecule has 94 valence electrons. The Morgan fingerprint density at radius 3 is 2.76 bits per heavy atom. The van der Waals surface area contributed by atoms with Crippen LogP contribution < -0.4 is 10.6 Å². The maximum Gasteiger partial charge on any atom is 0.315 e. The first kappa shape index (κ1) is 13.4. The number of carbonyl (C=O) groups is 2. The quantitative estimate of drug-likeness (QED) is 0.560. The van der Waals surface area contributed by atoms with Gasteiger partial charge in [-0.2, -0.15) is 0 Å². The fraction of sp³-hybridized carbons (Fsp3) is 0.667. The van der Waals surface area contributed by atoms with Crippen molar-refractivity contribution in [1.29, 1.82) is 0 Å². The van der Waals surface area contributed by atoms with Crippen molar-refractivity contribution in [3.8, 4) is 12.3 Å². The van der Waals surface area contributed by atoms with Crippen molar-refractivity contribution < 1.29 is 14.3 Å². The van der Waals surface area contributed by atoms with Crippen LogP contribution in [0.3, 0.4) is 0 Å². The Bertz CT molecular complexity index is 335. The largest absolute Gasteiger partial charge is 0.469 e. The molecular formula is C12H18N2O3. The summed E-state index contributed by atoms with van der Waals surface area (Å²) in [4.78, 5) is 22.8. The highest BCUT2D eigenvalue weighted by atomic mass is 16.5. The second-order valence-electron chi connectivity index (χ2n) is 4.24. The highest BCUT2D eigenvalue weighted by Gasteiger charge is 2.31. The van der Waals surface area contributed by atoms with Gasteiger partial charge >= 0.3 is 12.0 Å². The lowest BCUT2D eigenvalue weighted by Gasteiger charge is -2.15. The van der Waals surface area contributed by atoms with Gasteiger partial charge in [-0.05, 0) is 26.2 Å². The van der Waals surface area contributed by atoms with Gasteiger partial charge in [-0.1, -0.05) is 5.92 Å². The molecule has 1 saturated carbocycles. The molecule has 0 radical (unpaired) electrons. The Morgan fingerprint density at radius 2 is 2.18 bits per heavy atom. The number of nitrogens with one attached hydrogen (secondary N) is 2. The third kappa shape index (κ3) is 3.99. The van der Waals surface area contributed by atoms with E-state index < -0.39 is 0 Å². The molecule has 1 rings (SSSR count). The van der Waals surface area contributed by atoms with Gasteiger partial charge in [0.2, 0.25) is 0 Å². The summed E-state index contributed by atoms with van der Waals surface area (Å²) in [5, 5.41) is 5.41. The molecule has 0 bridgehead atoms. The Kier molecular flexibility index (Phi) is 4.83. The van der Waals surface area contributed by atoms with Crippen molar-refractivity contribution in [3.05, 3.63) is 0 Å². The summed E-state index contributed by atoms with van der Waals surface area (Å²) in [6.45, 7) is 1.73. The van der Waals surface area contributed by atoms with Gasteiger partial charge in [0.1, 0.15) is 0 Å². The highest BCUT2D eigenvalue weighted by molar-refractivity contribution is 5.76. The SMILES string of the molecule is C#C[C@H](C)NC(=O)N[C@@H]1CC[C@H](C(=O)OC)C1. The van der Waals surface area contributed by atoms with Gasteiger partial charge < -0.3 is 15.4 Å². The molecule has 2 N–H and O–H groups in total. The minimum Gasteiger partial charge on any atom is -0.469 e. The second-order valence-corrected chi connectivity index (χ2v) is 4.24. The minimum absolute atomic E-state index is 0.0177. The lowest BCUT2D eigenvalue weighted by molar-refractivity contribution is -0.145. The van der Waals surface area contributed by atoms with E-state index in [1.807, 2.05) is 0 Å². The summed E-state index contributed by atoms with van der Waals surface area (Å²) in [7, 11) is 1.38. The molecule has 5 nitrogen and oxygen atoms in total. The molecule has 2 amide bonds. The molecule has 0 aliphatic heterocycles. The molecule has 5 heteroatoms. The van der Waals surface area contributed by atoms with Crippen molar-refractivity contribution in [2.24, 2.45) is 5.92 Å². The van der Waals surface area contributed by atoms with Gasteiger partial charge in [-0.15, -0.1) is 6.42 Å². The number of carbonyl (C=O) groups excluding carboxylic acids is 2. The summed E-state index contributed by atoms with van der Waals surface area (Å²) in [6.07, 6.45) is 7.33. The predicted molar refractivity (Wildman–Crippen MR) is 63.1 cm³/mol. The number of hydrogen-bond donors (Lipinski definition) is 2. The molecule has 1 aliphatic carbocycles. The van der Waals surface area contributed by atoms with Gasteiger partial charge in [-0.25, -0.2) is 4.79 Å². The highest BCUT2D eigenvalue weighted by Crippen LogP contribution is 2.26. The van der Waals surface area contributed by atoms with E-state index >= 15 is 0 Å². The molecule has 17 heavy (non-hydrogen) atoms. The Labute approximate surface area is 101 Å². The summed E-state index contributed by atoms with van der Waals surface area (Å²) in [5.41, 5.74) is 0. The van der Waals surface area contributed by atoms with Crippen LogP contribution in [0.2, 0.25) is 0 Å². The van der Waals surface area contributed by atoms with Crippen LogP contribution in [0.4, 0.5) is 4.79 Å². The van der Waals surface area contributed by atoms with E-state index in [2.05, 4.69) is 21.3 Å². The summed E-state index contributed by atoms with van der Waals surface area (Å²) < 4.78 is 4.68. The zero-order valence-electron chi connectivity index (χ0n) is 10.2. The van der Waals surface area contributed by atoms with Crippen molar-refractivity contribution in [3.63, 3.8) is 0 Å². The average molecular weight is 238 g/mol. The van der Waals surface area contributed by atoms with E-state index in [1.54, 1.807) is 6.92 Å². The lowest BCUT2D eigenvalue weighted by atomic mass is 10.1. The molecule has 0 aromatic rings. The number of hydrogen-bond acceptors (Lipinski definition) is 3. The molecule has 0 aromatic heterocycles. The average Bonchev–Trinajstić information content (AvgIpc) is 2.76. The van der Waals surface area contributed by atoms with Crippen LogP contribution in [-0.2, 0) is 9.53 Å². The van der Waals surface area contributed by atoms with Crippen LogP contribution in [0, 0.1) is 18.3 Å². The fourth-order valence-electron chi connectivity index (χ4n) is 1.96. The maximum atomic E-state index is 11.5. The smallest absolute Gasteiger partial charge is 0.315 e. The van der Waals surface area contributed by atoms with Crippen molar-refractivity contribution >= 4 is 12.0 Å². The van der Waals surface area contributed by atoms with E-state index in [-0.39, 0.29) is 30.0 Å². The number of urea groups is 1. The van der Waals surface area contributed by atoms with E-state index in [4.69, 9.17) is 6.42 Å². The Balaban J connectivity index is 2.33. The summed E-state index contributed by atoms with van der Waals surface area (Å²) in [6, 6.07) is -0.567. The molecule has 1 fully saturated rings. The number of methoxy groups -OCH3 is 1. The minimum atomic E-state index is -0.298. The zero-order chi connectivity index (χ0) is 12.8. The van der Waals surface area contributed by atoms with Crippen molar-refractivity contribution in [1.82, 2.24) is 10.6 Å². The van der Waals surface area contributed by atoms with Crippen molar-refractivity contribution in [2.45, 2.75) is 38.3 Å². The van der Waals surface area contributed by atoms with E-state index in [1.165, 1.54) is 7.11 Å². The van der Waals surface area contributed by atoms with Crippen LogP contribution in [0.1, 0.15) is 26.2 Å². The number of rotatable bonds is 3. The topological polar surface area (TPSA) is 67.4 Å². The van der Waals surface area contributed by atoms with Gasteiger partial charge in [0.25, 0.3) is 0 Å². The first-order valence-corrected chi connectivity index (χ1v) is 5.67. The number of amides is 2. The molecule has 0 saturated heterocycles. The van der Waals surface area contributed by atoms with Gasteiger partial charge in [0.15, 0.2) is 0 Å². The van der Waals surface area contributed by atoms with Gasteiger partial charge in [-0.3, -0.25) is 4.79 Å². The number of ether oxygens (including phenoxy) is 1. The maximum absolute atomic E-state index is 11.5. The summed E-state index contributed by atoms with van der Waals surface area (Å²) in [5.74, 6) is 2.11. The third-order valence-corrected chi connectivity index (χ3v) is 2.90. The van der Waals surface area contributed by atoms with Crippen LogP contribution >= 0.6 is 0 Å². The summed E-state index contributed by atoms with van der Waals surface area (Å²) >= 11 is 0. The standard InChI is InChI=1S/C12H18N2O3/c1-4-8(2)13-12(16)14-10-6-5-9(7-10)11(15)17-3/h1,8-10H,5-7H2,2-3H3,(H2,13,14,16)/t8-,9-,10+/m0/s1. The van der Waals surface area contributed by atoms with Crippen LogP contribution in [0.25, 0.3) is 0 Å². The first-order valence-electron chi connectivity index (χ1n) is 5.67. The molecule has 3 atom stereocenters. The molecule has 0 heterocycles. The van der Waals surface area contributed by atoms with Crippen LogP contribution in [0.15, 0.2) is 0 Å². The number of terminal acetylenes is 1. The van der Waals surface area contributed by atoms with Crippen molar-refractivity contribution in [2.75, 3.05) is 7.11 Å². The molecule has 0 unspecified atom stereocenters. The van der Waals surface area contributed by atoms with E-state index in [0.29, 0.717) is 6.42 Å². The normalized spacial score (nSPS) is 24.5. The molecule has 0 aromatic carbocycles. The fourth-order valence-corrected chi connectivity index (χ4v) is 1.96. The van der Waals surface area contributed by atoms with Crippen LogP contribution in [-0.4, -0.2) is 31.2 Å². The Hall–Kier alpha value is -1.70. The molecule has 0 spiro atoms. The first-order chi connectivity index (χ1) is 8.06.